The number of ether oxygens (including phenoxy) is 2. The molecule has 4 rings (SSSR count). The summed E-state index contributed by atoms with van der Waals surface area (Å²) < 4.78 is 39.5. The van der Waals surface area contributed by atoms with Crippen LogP contribution < -0.4 is 19.2 Å². The molecule has 4 aromatic carbocycles. The molecule has 0 aliphatic rings. The van der Waals surface area contributed by atoms with Crippen molar-refractivity contribution in [3.8, 4) is 11.5 Å². The lowest BCUT2D eigenvalue weighted by molar-refractivity contribution is -0.119. The molecule has 0 aliphatic carbocycles. The van der Waals surface area contributed by atoms with Crippen LogP contribution in [0.5, 0.6) is 11.5 Å². The first-order valence-corrected chi connectivity index (χ1v) is 14.8. The zero-order valence-electron chi connectivity index (χ0n) is 22.0. The molecular weight excluding hydrogens is 585 g/mol. The van der Waals surface area contributed by atoms with Gasteiger partial charge in [0.25, 0.3) is 15.9 Å². The normalized spacial score (nSPS) is 11.3. The largest absolute Gasteiger partial charge is 0.490 e. The first-order chi connectivity index (χ1) is 19.8. The quantitative estimate of drug-likeness (QED) is 0.149. The van der Waals surface area contributed by atoms with Crippen molar-refractivity contribution in [1.29, 1.82) is 0 Å². The third-order valence-corrected chi connectivity index (χ3v) is 8.24. The van der Waals surface area contributed by atoms with Crippen LogP contribution in [0.2, 0.25) is 10.0 Å². The molecule has 11 heteroatoms. The Hall–Kier alpha value is -4.05. The second-order valence-electron chi connectivity index (χ2n) is 8.63. The number of anilines is 1. The monoisotopic (exact) mass is 611 g/mol. The summed E-state index contributed by atoms with van der Waals surface area (Å²) in [6.07, 6.45) is 1.43. The topological polar surface area (TPSA) is 97.3 Å². The lowest BCUT2D eigenvalue weighted by Crippen LogP contribution is -2.39. The summed E-state index contributed by atoms with van der Waals surface area (Å²) in [4.78, 5) is 12.9. The third kappa shape index (κ3) is 8.00. The van der Waals surface area contributed by atoms with Crippen LogP contribution in [0, 0.1) is 0 Å². The molecule has 212 valence electrons. The molecule has 0 atom stereocenters. The number of amides is 1. The number of nitrogens with zero attached hydrogens (tertiary/aromatic N) is 2. The van der Waals surface area contributed by atoms with Crippen LogP contribution in [0.3, 0.4) is 0 Å². The van der Waals surface area contributed by atoms with Crippen molar-refractivity contribution >= 4 is 51.0 Å². The molecule has 1 amide bonds. The molecular formula is C30H27Cl2N3O5S. The van der Waals surface area contributed by atoms with E-state index in [1.54, 1.807) is 36.4 Å². The van der Waals surface area contributed by atoms with Crippen LogP contribution in [0.4, 0.5) is 5.69 Å². The molecule has 4 aromatic rings. The smallest absolute Gasteiger partial charge is 0.264 e. The minimum atomic E-state index is -4.11. The Bertz CT molecular complexity index is 1620. The van der Waals surface area contributed by atoms with Crippen LogP contribution in [0.15, 0.2) is 107 Å². The SMILES string of the molecule is CCOc1cc(/C=N/NC(=O)CN(c2ccc(Cl)c(Cl)c2)S(=O)(=O)c2ccccc2)ccc1OCc1ccccc1. The second kappa shape index (κ2) is 14.0. The number of carbonyl (C=O) groups excluding carboxylic acids is 1. The van der Waals surface area contributed by atoms with E-state index in [2.05, 4.69) is 10.5 Å². The highest BCUT2D eigenvalue weighted by Crippen LogP contribution is 2.31. The van der Waals surface area contributed by atoms with Gasteiger partial charge in [-0.1, -0.05) is 71.7 Å². The summed E-state index contributed by atoms with van der Waals surface area (Å²) in [5.74, 6) is 0.429. The fourth-order valence-electron chi connectivity index (χ4n) is 3.75. The molecule has 0 saturated carbocycles. The molecule has 0 heterocycles. The number of benzene rings is 4. The lowest BCUT2D eigenvalue weighted by atomic mass is 10.2. The van der Waals surface area contributed by atoms with Crippen LogP contribution in [-0.4, -0.2) is 33.7 Å². The molecule has 0 fully saturated rings. The Balaban J connectivity index is 1.48. The number of rotatable bonds is 12. The van der Waals surface area contributed by atoms with Crippen molar-refractivity contribution in [3.05, 3.63) is 118 Å². The van der Waals surface area contributed by atoms with Crippen molar-refractivity contribution < 1.29 is 22.7 Å². The molecule has 0 aromatic heterocycles. The first kappa shape index (κ1) is 29.9. The molecule has 0 radical (unpaired) electrons. The van der Waals surface area contributed by atoms with Gasteiger partial charge in [0.1, 0.15) is 13.2 Å². The Morgan fingerprint density at radius 2 is 1.59 bits per heavy atom. The number of hydrazone groups is 1. The molecule has 0 spiro atoms. The highest BCUT2D eigenvalue weighted by Gasteiger charge is 2.27. The van der Waals surface area contributed by atoms with Gasteiger partial charge in [0.15, 0.2) is 11.5 Å². The zero-order chi connectivity index (χ0) is 29.2. The summed E-state index contributed by atoms with van der Waals surface area (Å²) in [6, 6.07) is 27.1. The zero-order valence-corrected chi connectivity index (χ0v) is 24.4. The number of nitrogens with one attached hydrogen (secondary N) is 1. The minimum absolute atomic E-state index is 0.0143. The fourth-order valence-corrected chi connectivity index (χ4v) is 5.47. The molecule has 0 unspecified atom stereocenters. The minimum Gasteiger partial charge on any atom is -0.490 e. The van der Waals surface area contributed by atoms with E-state index in [1.165, 1.54) is 36.5 Å². The predicted octanol–water partition coefficient (Wildman–Crippen LogP) is 6.32. The Kier molecular flexibility index (Phi) is 10.2. The summed E-state index contributed by atoms with van der Waals surface area (Å²) in [6.45, 7) is 2.12. The van der Waals surface area contributed by atoms with Gasteiger partial charge in [0, 0.05) is 0 Å². The molecule has 41 heavy (non-hydrogen) atoms. The van der Waals surface area contributed by atoms with Gasteiger partial charge in [-0.3, -0.25) is 9.10 Å². The van der Waals surface area contributed by atoms with Gasteiger partial charge < -0.3 is 9.47 Å². The van der Waals surface area contributed by atoms with E-state index in [1.807, 2.05) is 37.3 Å². The number of hydrogen-bond acceptors (Lipinski definition) is 6. The van der Waals surface area contributed by atoms with E-state index in [-0.39, 0.29) is 20.6 Å². The third-order valence-electron chi connectivity index (χ3n) is 5.72. The highest BCUT2D eigenvalue weighted by molar-refractivity contribution is 7.92. The second-order valence-corrected chi connectivity index (χ2v) is 11.3. The highest BCUT2D eigenvalue weighted by atomic mass is 35.5. The van der Waals surface area contributed by atoms with Crippen LogP contribution in [-0.2, 0) is 21.4 Å². The van der Waals surface area contributed by atoms with Gasteiger partial charge in [-0.05, 0) is 66.6 Å². The van der Waals surface area contributed by atoms with Crippen molar-refractivity contribution in [2.75, 3.05) is 17.5 Å². The number of halogens is 2. The Morgan fingerprint density at radius 1 is 0.878 bits per heavy atom. The summed E-state index contributed by atoms with van der Waals surface area (Å²) in [5, 5.41) is 4.41. The average molecular weight is 613 g/mol. The lowest BCUT2D eigenvalue weighted by Gasteiger charge is -2.24. The number of hydrogen-bond donors (Lipinski definition) is 1. The van der Waals surface area contributed by atoms with E-state index in [9.17, 15) is 13.2 Å². The van der Waals surface area contributed by atoms with Gasteiger partial charge >= 0.3 is 0 Å². The molecule has 0 aliphatic heterocycles. The van der Waals surface area contributed by atoms with E-state index >= 15 is 0 Å². The van der Waals surface area contributed by atoms with Crippen LogP contribution >= 0.6 is 23.2 Å². The average Bonchev–Trinajstić information content (AvgIpc) is 2.98. The van der Waals surface area contributed by atoms with Crippen molar-refractivity contribution in [3.63, 3.8) is 0 Å². The summed E-state index contributed by atoms with van der Waals surface area (Å²) in [5.41, 5.74) is 4.22. The molecule has 0 bridgehead atoms. The van der Waals surface area contributed by atoms with Gasteiger partial charge in [0.05, 0.1) is 33.4 Å². The van der Waals surface area contributed by atoms with Gasteiger partial charge in [-0.15, -0.1) is 0 Å². The summed E-state index contributed by atoms with van der Waals surface area (Å²) >= 11 is 12.2. The molecule has 8 nitrogen and oxygen atoms in total. The van der Waals surface area contributed by atoms with Gasteiger partial charge in [-0.2, -0.15) is 5.10 Å². The Morgan fingerprint density at radius 3 is 2.27 bits per heavy atom. The van der Waals surface area contributed by atoms with E-state index in [4.69, 9.17) is 32.7 Å². The Labute approximate surface area is 249 Å². The maximum absolute atomic E-state index is 13.4. The van der Waals surface area contributed by atoms with Crippen molar-refractivity contribution in [2.45, 2.75) is 18.4 Å². The standard InChI is InChI=1S/C30H27Cl2N3O5S/c1-2-39-29-17-23(13-16-28(29)40-21-22-9-5-3-6-10-22)19-33-34-30(36)20-35(24-14-15-26(31)27(32)18-24)41(37,38)25-11-7-4-8-12-25/h3-19H,2,20-21H2,1H3,(H,34,36)/b33-19+. The van der Waals surface area contributed by atoms with E-state index in [0.717, 1.165) is 9.87 Å². The maximum Gasteiger partial charge on any atom is 0.264 e. The summed E-state index contributed by atoms with van der Waals surface area (Å²) in [7, 11) is -4.11. The predicted molar refractivity (Wildman–Crippen MR) is 162 cm³/mol. The van der Waals surface area contributed by atoms with Crippen LogP contribution in [0.1, 0.15) is 18.1 Å². The molecule has 1 N–H and O–H groups in total. The molecule has 0 saturated heterocycles. The number of carbonyl (C=O) groups is 1. The van der Waals surface area contributed by atoms with Crippen LogP contribution in [0.25, 0.3) is 0 Å². The fraction of sp³-hybridized carbons (Fsp3) is 0.133. The van der Waals surface area contributed by atoms with Gasteiger partial charge in [-0.25, -0.2) is 13.8 Å². The van der Waals surface area contributed by atoms with E-state index in [0.29, 0.717) is 30.3 Å². The van der Waals surface area contributed by atoms with E-state index < -0.39 is 22.5 Å². The maximum atomic E-state index is 13.4. The van der Waals surface area contributed by atoms with Crippen molar-refractivity contribution in [1.82, 2.24) is 5.43 Å². The number of sulfonamides is 1. The first-order valence-electron chi connectivity index (χ1n) is 12.6. The van der Waals surface area contributed by atoms with Crippen molar-refractivity contribution in [2.24, 2.45) is 5.10 Å². The van der Waals surface area contributed by atoms with Gasteiger partial charge in [0.2, 0.25) is 0 Å².